The minimum absolute atomic E-state index is 0.0827. The Bertz CT molecular complexity index is 1160. The molecule has 3 aromatic rings. The Morgan fingerprint density at radius 1 is 1.09 bits per heavy atom. The van der Waals surface area contributed by atoms with Crippen LogP contribution in [0, 0.1) is 0 Å². The van der Waals surface area contributed by atoms with Crippen LogP contribution in [-0.4, -0.2) is 28.5 Å². The fourth-order valence-corrected chi connectivity index (χ4v) is 5.10. The monoisotopic (exact) mass is 472 g/mol. The fraction of sp³-hybridized carbons (Fsp3) is 0.292. The van der Waals surface area contributed by atoms with E-state index in [0.717, 1.165) is 16.9 Å². The van der Waals surface area contributed by atoms with E-state index in [0.29, 0.717) is 5.92 Å². The van der Waals surface area contributed by atoms with E-state index in [1.165, 1.54) is 31.9 Å². The van der Waals surface area contributed by atoms with Crippen LogP contribution < -0.4 is 14.8 Å². The summed E-state index contributed by atoms with van der Waals surface area (Å²) in [6.45, 7) is 4.35. The van der Waals surface area contributed by atoms with E-state index in [4.69, 9.17) is 4.74 Å². The number of hydrogen-bond acceptors (Lipinski definition) is 5. The molecule has 0 spiro atoms. The van der Waals surface area contributed by atoms with Gasteiger partial charge in [0.25, 0.3) is 5.91 Å². The maximum atomic E-state index is 13.1. The Balaban J connectivity index is 1.94. The van der Waals surface area contributed by atoms with E-state index in [1.807, 2.05) is 29.6 Å². The van der Waals surface area contributed by atoms with Gasteiger partial charge in [0.2, 0.25) is 10.0 Å². The van der Waals surface area contributed by atoms with Gasteiger partial charge in [-0.2, -0.15) is 0 Å². The van der Waals surface area contributed by atoms with Crippen molar-refractivity contribution in [2.24, 2.45) is 0 Å². The first-order valence-electron chi connectivity index (χ1n) is 10.4. The second-order valence-corrected chi connectivity index (χ2v) is 10.3. The lowest BCUT2D eigenvalue weighted by Gasteiger charge is -2.20. The molecule has 1 amide bonds. The molecule has 0 aliphatic carbocycles. The van der Waals surface area contributed by atoms with Crippen LogP contribution in [0.2, 0.25) is 0 Å². The van der Waals surface area contributed by atoms with Gasteiger partial charge in [0.05, 0.1) is 13.2 Å². The Labute approximate surface area is 193 Å². The molecule has 0 bridgehead atoms. The second-order valence-electron chi connectivity index (χ2n) is 7.47. The molecule has 32 heavy (non-hydrogen) atoms. The molecule has 0 radical (unpaired) electrons. The predicted molar refractivity (Wildman–Crippen MR) is 128 cm³/mol. The minimum Gasteiger partial charge on any atom is -0.495 e. The minimum atomic E-state index is -3.79. The zero-order chi connectivity index (χ0) is 23.3. The molecule has 2 aromatic carbocycles. The Morgan fingerprint density at radius 3 is 2.34 bits per heavy atom. The third kappa shape index (κ3) is 5.20. The molecule has 8 heteroatoms. The van der Waals surface area contributed by atoms with E-state index in [2.05, 4.69) is 36.0 Å². The standard InChI is InChI=1S/C24H28N2O4S2/c1-5-16(2)17-8-10-18(11-9-17)23(21-7-6-14-31-21)26-24(27)19-12-13-20(30-4)22(15-19)32(28,29)25-3/h6-16,23,25H,5H2,1-4H3,(H,26,27). The van der Waals surface area contributed by atoms with Crippen LogP contribution in [0.25, 0.3) is 0 Å². The van der Waals surface area contributed by atoms with Crippen molar-refractivity contribution in [3.8, 4) is 5.75 Å². The van der Waals surface area contributed by atoms with Gasteiger partial charge in [-0.15, -0.1) is 11.3 Å². The average molecular weight is 473 g/mol. The van der Waals surface area contributed by atoms with Crippen LogP contribution in [0.3, 0.4) is 0 Å². The van der Waals surface area contributed by atoms with Crippen molar-refractivity contribution in [3.63, 3.8) is 0 Å². The summed E-state index contributed by atoms with van der Waals surface area (Å²) in [5, 5.41) is 5.03. The summed E-state index contributed by atoms with van der Waals surface area (Å²) in [7, 11) is -1.08. The van der Waals surface area contributed by atoms with E-state index >= 15 is 0 Å². The SMILES string of the molecule is CCC(C)c1ccc(C(NC(=O)c2ccc(OC)c(S(=O)(=O)NC)c2)c2cccs2)cc1. The fourth-order valence-electron chi connectivity index (χ4n) is 3.38. The Kier molecular flexibility index (Phi) is 7.71. The number of sulfonamides is 1. The molecule has 0 saturated carbocycles. The number of nitrogens with one attached hydrogen (secondary N) is 2. The van der Waals surface area contributed by atoms with E-state index in [9.17, 15) is 13.2 Å². The highest BCUT2D eigenvalue weighted by Gasteiger charge is 2.23. The zero-order valence-electron chi connectivity index (χ0n) is 18.6. The Hall–Kier alpha value is -2.68. The smallest absolute Gasteiger partial charge is 0.252 e. The molecule has 0 saturated heterocycles. The normalized spacial score (nSPS) is 13.4. The summed E-state index contributed by atoms with van der Waals surface area (Å²) in [5.41, 5.74) is 2.45. The first-order chi connectivity index (χ1) is 15.3. The molecule has 0 aliphatic heterocycles. The summed E-state index contributed by atoms with van der Waals surface area (Å²) < 4.78 is 32.2. The van der Waals surface area contributed by atoms with Crippen molar-refractivity contribution < 1.29 is 17.9 Å². The molecule has 2 N–H and O–H groups in total. The lowest BCUT2D eigenvalue weighted by molar-refractivity contribution is 0.0943. The van der Waals surface area contributed by atoms with Gasteiger partial charge in [-0.3, -0.25) is 4.79 Å². The van der Waals surface area contributed by atoms with Crippen LogP contribution in [0.4, 0.5) is 0 Å². The number of methoxy groups -OCH3 is 1. The highest BCUT2D eigenvalue weighted by molar-refractivity contribution is 7.89. The lowest BCUT2D eigenvalue weighted by Crippen LogP contribution is -2.29. The van der Waals surface area contributed by atoms with Crippen molar-refractivity contribution in [1.29, 1.82) is 0 Å². The maximum absolute atomic E-state index is 13.1. The summed E-state index contributed by atoms with van der Waals surface area (Å²) >= 11 is 1.55. The van der Waals surface area contributed by atoms with Crippen molar-refractivity contribution in [3.05, 3.63) is 81.5 Å². The molecule has 2 atom stereocenters. The van der Waals surface area contributed by atoms with E-state index in [1.54, 1.807) is 17.4 Å². The van der Waals surface area contributed by atoms with E-state index < -0.39 is 10.0 Å². The third-order valence-electron chi connectivity index (χ3n) is 5.54. The molecule has 0 fully saturated rings. The molecular weight excluding hydrogens is 444 g/mol. The highest BCUT2D eigenvalue weighted by atomic mass is 32.2. The molecule has 1 aromatic heterocycles. The molecular formula is C24H28N2O4S2. The van der Waals surface area contributed by atoms with Gasteiger partial charge in [0, 0.05) is 10.4 Å². The summed E-state index contributed by atoms with van der Waals surface area (Å²) in [6, 6.07) is 16.2. The second kappa shape index (κ2) is 10.3. The number of ether oxygens (including phenoxy) is 1. The van der Waals surface area contributed by atoms with Crippen LogP contribution in [0.5, 0.6) is 5.75 Å². The van der Waals surface area contributed by atoms with E-state index in [-0.39, 0.29) is 28.2 Å². The van der Waals surface area contributed by atoms with Crippen molar-refractivity contribution >= 4 is 27.3 Å². The van der Waals surface area contributed by atoms with Crippen LogP contribution in [0.15, 0.2) is 64.9 Å². The van der Waals surface area contributed by atoms with Crippen LogP contribution in [0.1, 0.15) is 58.6 Å². The van der Waals surface area contributed by atoms with Gasteiger partial charge in [0.15, 0.2) is 0 Å². The topological polar surface area (TPSA) is 84.5 Å². The first kappa shape index (κ1) is 24.0. The van der Waals surface area contributed by atoms with Gasteiger partial charge in [-0.05, 0) is 60.2 Å². The summed E-state index contributed by atoms with van der Waals surface area (Å²) in [6.07, 6.45) is 1.06. The zero-order valence-corrected chi connectivity index (χ0v) is 20.2. The number of hydrogen-bond donors (Lipinski definition) is 2. The number of rotatable bonds is 9. The van der Waals surface area contributed by atoms with Crippen LogP contribution >= 0.6 is 11.3 Å². The Morgan fingerprint density at radius 2 is 1.78 bits per heavy atom. The van der Waals surface area contributed by atoms with Gasteiger partial charge in [-0.25, -0.2) is 13.1 Å². The first-order valence-corrected chi connectivity index (χ1v) is 12.7. The maximum Gasteiger partial charge on any atom is 0.252 e. The molecule has 1 heterocycles. The quantitative estimate of drug-likeness (QED) is 0.473. The molecule has 3 rings (SSSR count). The van der Waals surface area contributed by atoms with Gasteiger partial charge in [0.1, 0.15) is 10.6 Å². The van der Waals surface area contributed by atoms with Crippen molar-refractivity contribution in [2.45, 2.75) is 37.1 Å². The number of carbonyl (C=O) groups is 1. The highest BCUT2D eigenvalue weighted by Crippen LogP contribution is 2.29. The lowest BCUT2D eigenvalue weighted by atomic mass is 9.95. The van der Waals surface area contributed by atoms with Crippen LogP contribution in [-0.2, 0) is 10.0 Å². The number of amides is 1. The molecule has 6 nitrogen and oxygen atoms in total. The van der Waals surface area contributed by atoms with Crippen molar-refractivity contribution in [2.75, 3.05) is 14.2 Å². The summed E-state index contributed by atoms with van der Waals surface area (Å²) in [5.74, 6) is 0.265. The predicted octanol–water partition coefficient (Wildman–Crippen LogP) is 4.70. The molecule has 0 aliphatic rings. The number of carbonyl (C=O) groups excluding carboxylic acids is 1. The van der Waals surface area contributed by atoms with Gasteiger partial charge >= 0.3 is 0 Å². The number of thiophene rings is 1. The summed E-state index contributed by atoms with van der Waals surface area (Å²) in [4.78, 5) is 14.1. The molecule has 2 unspecified atom stereocenters. The number of benzene rings is 2. The van der Waals surface area contributed by atoms with Crippen molar-refractivity contribution in [1.82, 2.24) is 10.0 Å². The molecule has 170 valence electrons. The average Bonchev–Trinajstić information content (AvgIpc) is 3.36. The van der Waals surface area contributed by atoms with Gasteiger partial charge < -0.3 is 10.1 Å². The third-order valence-corrected chi connectivity index (χ3v) is 7.91. The van der Waals surface area contributed by atoms with Gasteiger partial charge in [-0.1, -0.05) is 44.2 Å². The largest absolute Gasteiger partial charge is 0.495 e.